The molecule has 6 heteroatoms. The standard InChI is InChI=1S/C16H24N4OS/c1-19-11-14(8-15(19)9-17)10-18-12-16(2-7-22-13-16)20-3-5-21-6-4-20/h8,11,18H,2-7,10,12-13H2,1H3. The highest BCUT2D eigenvalue weighted by Gasteiger charge is 2.40. The third-order valence-corrected chi connectivity index (χ3v) is 5.96. The summed E-state index contributed by atoms with van der Waals surface area (Å²) < 4.78 is 7.39. The molecule has 0 spiro atoms. The first-order chi connectivity index (χ1) is 10.7. The molecule has 0 radical (unpaired) electrons. The normalized spacial score (nSPS) is 26.2. The summed E-state index contributed by atoms with van der Waals surface area (Å²) in [6.45, 7) is 5.65. The molecule has 0 saturated carbocycles. The highest BCUT2D eigenvalue weighted by Crippen LogP contribution is 2.33. The molecule has 1 aromatic heterocycles. The minimum atomic E-state index is 0.279. The Hall–Kier alpha value is -1.00. The lowest BCUT2D eigenvalue weighted by molar-refractivity contribution is -0.0134. The maximum absolute atomic E-state index is 9.03. The number of morpholine rings is 1. The predicted molar refractivity (Wildman–Crippen MR) is 88.9 cm³/mol. The lowest BCUT2D eigenvalue weighted by Crippen LogP contribution is -2.58. The van der Waals surface area contributed by atoms with Gasteiger partial charge in [0, 0.05) is 50.7 Å². The first kappa shape index (κ1) is 15.9. The number of thioether (sulfide) groups is 1. The Labute approximate surface area is 136 Å². The Kier molecular flexibility index (Phi) is 5.09. The molecule has 1 atom stereocenters. The highest BCUT2D eigenvalue weighted by atomic mass is 32.2. The number of rotatable bonds is 5. The minimum Gasteiger partial charge on any atom is -0.379 e. The number of aromatic nitrogens is 1. The Morgan fingerprint density at radius 2 is 2.27 bits per heavy atom. The molecule has 1 N–H and O–H groups in total. The molecule has 1 aromatic rings. The largest absolute Gasteiger partial charge is 0.379 e. The summed E-state index contributed by atoms with van der Waals surface area (Å²) in [5, 5.41) is 12.7. The average Bonchev–Trinajstić information content (AvgIpc) is 3.16. The second kappa shape index (κ2) is 7.05. The molecular weight excluding hydrogens is 296 g/mol. The molecule has 0 bridgehead atoms. The number of nitriles is 1. The second-order valence-electron chi connectivity index (χ2n) is 6.19. The fraction of sp³-hybridized carbons (Fsp3) is 0.688. The summed E-state index contributed by atoms with van der Waals surface area (Å²) in [6.07, 6.45) is 3.29. The van der Waals surface area contributed by atoms with Crippen molar-refractivity contribution in [2.24, 2.45) is 7.05 Å². The van der Waals surface area contributed by atoms with Gasteiger partial charge in [0.05, 0.1) is 13.2 Å². The predicted octanol–water partition coefficient (Wildman–Crippen LogP) is 1.19. The van der Waals surface area contributed by atoms with E-state index in [-0.39, 0.29) is 5.54 Å². The molecule has 5 nitrogen and oxygen atoms in total. The van der Waals surface area contributed by atoms with Gasteiger partial charge in [-0.2, -0.15) is 17.0 Å². The molecule has 3 heterocycles. The van der Waals surface area contributed by atoms with E-state index in [1.165, 1.54) is 23.5 Å². The molecule has 2 aliphatic rings. The first-order valence-electron chi connectivity index (χ1n) is 7.90. The second-order valence-corrected chi connectivity index (χ2v) is 7.29. The van der Waals surface area contributed by atoms with E-state index in [9.17, 15) is 0 Å². The number of aryl methyl sites for hydroxylation is 1. The van der Waals surface area contributed by atoms with E-state index in [0.29, 0.717) is 0 Å². The lowest BCUT2D eigenvalue weighted by atomic mass is 9.95. The smallest absolute Gasteiger partial charge is 0.120 e. The third-order valence-electron chi connectivity index (χ3n) is 4.72. The Morgan fingerprint density at radius 3 is 2.91 bits per heavy atom. The van der Waals surface area contributed by atoms with Crippen molar-refractivity contribution < 1.29 is 4.74 Å². The summed E-state index contributed by atoms with van der Waals surface area (Å²) in [6, 6.07) is 4.19. The Morgan fingerprint density at radius 1 is 1.45 bits per heavy atom. The van der Waals surface area contributed by atoms with Gasteiger partial charge in [-0.15, -0.1) is 0 Å². The quantitative estimate of drug-likeness (QED) is 0.883. The van der Waals surface area contributed by atoms with Crippen LogP contribution in [0.2, 0.25) is 0 Å². The van der Waals surface area contributed by atoms with E-state index in [1.807, 2.05) is 23.9 Å². The van der Waals surface area contributed by atoms with Crippen LogP contribution in [0.1, 0.15) is 17.7 Å². The summed E-state index contributed by atoms with van der Waals surface area (Å²) in [4.78, 5) is 2.62. The number of hydrogen-bond acceptors (Lipinski definition) is 5. The SMILES string of the molecule is Cn1cc(CNCC2(N3CCOCC3)CCSC2)cc1C#N. The van der Waals surface area contributed by atoms with Crippen LogP contribution in [0.3, 0.4) is 0 Å². The van der Waals surface area contributed by atoms with Crippen LogP contribution in [0.25, 0.3) is 0 Å². The Bertz CT molecular complexity index is 539. The topological polar surface area (TPSA) is 53.2 Å². The maximum atomic E-state index is 9.03. The molecule has 2 fully saturated rings. The molecular formula is C16H24N4OS. The van der Waals surface area contributed by atoms with Gasteiger partial charge in [0.25, 0.3) is 0 Å². The van der Waals surface area contributed by atoms with Crippen molar-refractivity contribution in [2.45, 2.75) is 18.5 Å². The zero-order valence-electron chi connectivity index (χ0n) is 13.2. The lowest BCUT2D eigenvalue weighted by Gasteiger charge is -2.43. The number of nitrogens with one attached hydrogen (secondary N) is 1. The summed E-state index contributed by atoms with van der Waals surface area (Å²) in [5.74, 6) is 2.46. The number of ether oxygens (including phenoxy) is 1. The van der Waals surface area contributed by atoms with Crippen molar-refractivity contribution in [1.82, 2.24) is 14.8 Å². The van der Waals surface area contributed by atoms with E-state index in [2.05, 4.69) is 28.0 Å². The van der Waals surface area contributed by atoms with Gasteiger partial charge in [-0.05, 0) is 23.8 Å². The van der Waals surface area contributed by atoms with Crippen LogP contribution in [-0.2, 0) is 18.3 Å². The number of nitrogens with zero attached hydrogens (tertiary/aromatic N) is 3. The van der Waals surface area contributed by atoms with Crippen molar-refractivity contribution in [2.75, 3.05) is 44.4 Å². The maximum Gasteiger partial charge on any atom is 0.120 e. The van der Waals surface area contributed by atoms with Crippen molar-refractivity contribution >= 4 is 11.8 Å². The highest BCUT2D eigenvalue weighted by molar-refractivity contribution is 7.99. The van der Waals surface area contributed by atoms with Crippen LogP contribution in [0, 0.1) is 11.3 Å². The molecule has 0 amide bonds. The minimum absolute atomic E-state index is 0.279. The van der Waals surface area contributed by atoms with Crippen LogP contribution >= 0.6 is 11.8 Å². The molecule has 22 heavy (non-hydrogen) atoms. The van der Waals surface area contributed by atoms with Crippen LogP contribution < -0.4 is 5.32 Å². The molecule has 120 valence electrons. The zero-order valence-corrected chi connectivity index (χ0v) is 14.0. The monoisotopic (exact) mass is 320 g/mol. The fourth-order valence-corrected chi connectivity index (χ4v) is 4.89. The van der Waals surface area contributed by atoms with Crippen molar-refractivity contribution in [3.63, 3.8) is 0 Å². The van der Waals surface area contributed by atoms with Gasteiger partial charge >= 0.3 is 0 Å². The van der Waals surface area contributed by atoms with E-state index in [0.717, 1.165) is 45.1 Å². The number of hydrogen-bond donors (Lipinski definition) is 1. The molecule has 2 saturated heterocycles. The molecule has 0 aromatic carbocycles. The van der Waals surface area contributed by atoms with E-state index >= 15 is 0 Å². The molecule has 2 aliphatic heterocycles. The third kappa shape index (κ3) is 3.33. The zero-order chi connectivity index (χ0) is 15.4. The van der Waals surface area contributed by atoms with Crippen molar-refractivity contribution in [3.05, 3.63) is 23.5 Å². The van der Waals surface area contributed by atoms with Gasteiger partial charge in [-0.1, -0.05) is 0 Å². The van der Waals surface area contributed by atoms with E-state index < -0.39 is 0 Å². The van der Waals surface area contributed by atoms with Gasteiger partial charge in [0.1, 0.15) is 11.8 Å². The van der Waals surface area contributed by atoms with E-state index in [1.54, 1.807) is 0 Å². The van der Waals surface area contributed by atoms with Gasteiger partial charge in [-0.3, -0.25) is 4.90 Å². The summed E-state index contributed by atoms with van der Waals surface area (Å²) in [5.41, 5.74) is 2.18. The first-order valence-corrected chi connectivity index (χ1v) is 9.06. The van der Waals surface area contributed by atoms with Gasteiger partial charge in [0.15, 0.2) is 0 Å². The van der Waals surface area contributed by atoms with Crippen LogP contribution in [-0.4, -0.2) is 59.4 Å². The van der Waals surface area contributed by atoms with Crippen molar-refractivity contribution in [3.8, 4) is 6.07 Å². The average molecular weight is 320 g/mol. The molecule has 0 aliphatic carbocycles. The Balaban J connectivity index is 1.58. The van der Waals surface area contributed by atoms with Crippen LogP contribution in [0.5, 0.6) is 0 Å². The van der Waals surface area contributed by atoms with Crippen LogP contribution in [0.4, 0.5) is 0 Å². The summed E-state index contributed by atoms with van der Waals surface area (Å²) >= 11 is 2.06. The van der Waals surface area contributed by atoms with Gasteiger partial charge in [-0.25, -0.2) is 0 Å². The van der Waals surface area contributed by atoms with Gasteiger partial charge in [0.2, 0.25) is 0 Å². The molecule has 3 rings (SSSR count). The van der Waals surface area contributed by atoms with Gasteiger partial charge < -0.3 is 14.6 Å². The fourth-order valence-electron chi connectivity index (χ4n) is 3.42. The van der Waals surface area contributed by atoms with Crippen LogP contribution in [0.15, 0.2) is 12.3 Å². The van der Waals surface area contributed by atoms with E-state index in [4.69, 9.17) is 10.00 Å². The van der Waals surface area contributed by atoms with Crippen molar-refractivity contribution in [1.29, 1.82) is 5.26 Å². The molecule has 1 unspecified atom stereocenters. The summed E-state index contributed by atoms with van der Waals surface area (Å²) in [7, 11) is 1.92.